The molecule has 1 aromatic carbocycles. The summed E-state index contributed by atoms with van der Waals surface area (Å²) in [5.74, 6) is -1.17. The van der Waals surface area contributed by atoms with Gasteiger partial charge in [-0.15, -0.1) is 0 Å². The minimum Gasteiger partial charge on any atom is -0.399 e. The molecule has 0 unspecified atom stereocenters. The van der Waals surface area contributed by atoms with E-state index in [2.05, 4.69) is 4.98 Å². The molecule has 6 heteroatoms. The fraction of sp³-hybridized carbons (Fsp3) is 0.154. The number of rotatable bonds is 3. The van der Waals surface area contributed by atoms with E-state index in [-0.39, 0.29) is 16.3 Å². The normalized spacial score (nSPS) is 11.5. The molecule has 0 fully saturated rings. The van der Waals surface area contributed by atoms with E-state index in [1.54, 1.807) is 19.1 Å². The van der Waals surface area contributed by atoms with Crippen LogP contribution in [0.4, 0.5) is 10.1 Å². The zero-order valence-corrected chi connectivity index (χ0v) is 11.1. The number of nitrogens with zero attached hydrogens (tertiary/aromatic N) is 1. The van der Waals surface area contributed by atoms with E-state index < -0.39 is 15.7 Å². The van der Waals surface area contributed by atoms with Gasteiger partial charge in [-0.2, -0.15) is 0 Å². The number of anilines is 1. The molecule has 0 amide bonds. The van der Waals surface area contributed by atoms with E-state index in [9.17, 15) is 12.8 Å². The maximum Gasteiger partial charge on any atom is 0.186 e. The summed E-state index contributed by atoms with van der Waals surface area (Å²) >= 11 is 0. The lowest BCUT2D eigenvalue weighted by molar-refractivity contribution is 0.566. The van der Waals surface area contributed by atoms with Gasteiger partial charge in [0.1, 0.15) is 10.7 Å². The largest absolute Gasteiger partial charge is 0.399 e. The van der Waals surface area contributed by atoms with Crippen molar-refractivity contribution in [1.29, 1.82) is 0 Å². The van der Waals surface area contributed by atoms with E-state index in [0.717, 1.165) is 11.6 Å². The Kier molecular flexibility index (Phi) is 3.53. The molecule has 0 aliphatic carbocycles. The Balaban J connectivity index is 2.41. The molecule has 0 saturated heterocycles. The van der Waals surface area contributed by atoms with Crippen molar-refractivity contribution < 1.29 is 12.8 Å². The average molecular weight is 280 g/mol. The molecule has 0 atom stereocenters. The third-order valence-corrected chi connectivity index (χ3v) is 4.39. The summed E-state index contributed by atoms with van der Waals surface area (Å²) in [5.41, 5.74) is 6.75. The smallest absolute Gasteiger partial charge is 0.186 e. The third kappa shape index (κ3) is 2.90. The summed E-state index contributed by atoms with van der Waals surface area (Å²) in [5, 5.41) is 0. The first kappa shape index (κ1) is 13.5. The van der Waals surface area contributed by atoms with Gasteiger partial charge in [-0.25, -0.2) is 12.8 Å². The molecular weight excluding hydrogens is 267 g/mol. The minimum absolute atomic E-state index is 0.186. The monoisotopic (exact) mass is 280 g/mol. The number of benzene rings is 1. The summed E-state index contributed by atoms with van der Waals surface area (Å²) in [6.07, 6.45) is 1.51. The van der Waals surface area contributed by atoms with Crippen LogP contribution in [0, 0.1) is 12.7 Å². The number of pyridine rings is 1. The van der Waals surface area contributed by atoms with Crippen molar-refractivity contribution in [2.24, 2.45) is 0 Å². The van der Waals surface area contributed by atoms with Gasteiger partial charge in [0, 0.05) is 11.9 Å². The Hall–Kier alpha value is -1.95. The molecule has 1 heterocycles. The molecule has 2 aromatic rings. The molecule has 4 nitrogen and oxygen atoms in total. The van der Waals surface area contributed by atoms with Crippen LogP contribution in [0.1, 0.15) is 11.3 Å². The molecule has 0 radical (unpaired) electrons. The van der Waals surface area contributed by atoms with E-state index in [0.29, 0.717) is 5.69 Å². The standard InChI is InChI=1S/C13H13FN2O2S/c1-9-3-2-6-16-12(9)8-19(17,18)13-5-4-10(15)7-11(13)14/h2-7H,8,15H2,1H3. The van der Waals surface area contributed by atoms with Crippen LogP contribution in [0.2, 0.25) is 0 Å². The van der Waals surface area contributed by atoms with Crippen molar-refractivity contribution in [1.82, 2.24) is 4.98 Å². The highest BCUT2D eigenvalue weighted by molar-refractivity contribution is 7.90. The summed E-state index contributed by atoms with van der Waals surface area (Å²) in [6, 6.07) is 7.02. The van der Waals surface area contributed by atoms with Crippen LogP contribution in [0.25, 0.3) is 0 Å². The summed E-state index contributed by atoms with van der Waals surface area (Å²) in [6.45, 7) is 1.76. The second-order valence-electron chi connectivity index (χ2n) is 4.22. The second-order valence-corrected chi connectivity index (χ2v) is 6.17. The predicted molar refractivity (Wildman–Crippen MR) is 70.7 cm³/mol. The summed E-state index contributed by atoms with van der Waals surface area (Å²) in [4.78, 5) is 3.66. The lowest BCUT2D eigenvalue weighted by Gasteiger charge is -2.07. The molecule has 0 saturated carbocycles. The number of nitrogens with two attached hydrogens (primary N) is 1. The maximum atomic E-state index is 13.7. The van der Waals surface area contributed by atoms with Crippen LogP contribution in [-0.4, -0.2) is 13.4 Å². The van der Waals surface area contributed by atoms with E-state index >= 15 is 0 Å². The van der Waals surface area contributed by atoms with Crippen LogP contribution < -0.4 is 5.73 Å². The molecule has 0 aliphatic heterocycles. The van der Waals surface area contributed by atoms with Crippen LogP contribution in [0.3, 0.4) is 0 Å². The number of aryl methyl sites for hydroxylation is 1. The number of hydrogen-bond acceptors (Lipinski definition) is 4. The number of sulfone groups is 1. The van der Waals surface area contributed by atoms with Crippen molar-refractivity contribution in [3.63, 3.8) is 0 Å². The second kappa shape index (κ2) is 4.97. The van der Waals surface area contributed by atoms with E-state index in [4.69, 9.17) is 5.73 Å². The minimum atomic E-state index is -3.78. The molecule has 1 aromatic heterocycles. The van der Waals surface area contributed by atoms with Crippen molar-refractivity contribution in [3.05, 3.63) is 53.6 Å². The van der Waals surface area contributed by atoms with Gasteiger partial charge in [-0.1, -0.05) is 6.07 Å². The van der Waals surface area contributed by atoms with E-state index in [1.165, 1.54) is 18.3 Å². The first-order valence-corrected chi connectivity index (χ1v) is 7.23. The Bertz CT molecular complexity index is 714. The zero-order chi connectivity index (χ0) is 14.0. The van der Waals surface area contributed by atoms with Crippen molar-refractivity contribution in [3.8, 4) is 0 Å². The molecule has 0 aliphatic rings. The Morgan fingerprint density at radius 2 is 2.05 bits per heavy atom. The average Bonchev–Trinajstić information content (AvgIpc) is 2.31. The molecule has 0 bridgehead atoms. The zero-order valence-electron chi connectivity index (χ0n) is 10.3. The van der Waals surface area contributed by atoms with Crippen LogP contribution in [-0.2, 0) is 15.6 Å². The van der Waals surface area contributed by atoms with Crippen molar-refractivity contribution in [2.75, 3.05) is 5.73 Å². The first-order chi connectivity index (χ1) is 8.90. The molecule has 0 spiro atoms. The Labute approximate surface area is 111 Å². The molecule has 100 valence electrons. The van der Waals surface area contributed by atoms with Gasteiger partial charge in [0.05, 0.1) is 11.4 Å². The Morgan fingerprint density at radius 3 is 2.68 bits per heavy atom. The Morgan fingerprint density at radius 1 is 1.32 bits per heavy atom. The van der Waals surface area contributed by atoms with Crippen LogP contribution in [0.15, 0.2) is 41.4 Å². The summed E-state index contributed by atoms with van der Waals surface area (Å²) < 4.78 is 38.0. The summed E-state index contributed by atoms with van der Waals surface area (Å²) in [7, 11) is -3.78. The van der Waals surface area contributed by atoms with Gasteiger partial charge in [0.25, 0.3) is 0 Å². The van der Waals surface area contributed by atoms with Gasteiger partial charge >= 0.3 is 0 Å². The van der Waals surface area contributed by atoms with Gasteiger partial charge in [-0.05, 0) is 36.8 Å². The lowest BCUT2D eigenvalue weighted by Crippen LogP contribution is -2.09. The van der Waals surface area contributed by atoms with Gasteiger partial charge in [0.15, 0.2) is 9.84 Å². The van der Waals surface area contributed by atoms with Gasteiger partial charge < -0.3 is 5.73 Å². The fourth-order valence-corrected chi connectivity index (χ4v) is 3.15. The lowest BCUT2D eigenvalue weighted by atomic mass is 10.2. The van der Waals surface area contributed by atoms with Crippen LogP contribution in [0.5, 0.6) is 0 Å². The molecule has 19 heavy (non-hydrogen) atoms. The SMILES string of the molecule is Cc1cccnc1CS(=O)(=O)c1ccc(N)cc1F. The highest BCUT2D eigenvalue weighted by Crippen LogP contribution is 2.21. The molecular formula is C13H13FN2O2S. The topological polar surface area (TPSA) is 73.0 Å². The number of halogens is 1. The maximum absolute atomic E-state index is 13.7. The quantitative estimate of drug-likeness (QED) is 0.874. The predicted octanol–water partition coefficient (Wildman–Crippen LogP) is 2.09. The number of nitrogen functional groups attached to an aromatic ring is 1. The van der Waals surface area contributed by atoms with Crippen LogP contribution >= 0.6 is 0 Å². The third-order valence-electron chi connectivity index (χ3n) is 2.74. The number of aromatic nitrogens is 1. The highest BCUT2D eigenvalue weighted by atomic mass is 32.2. The number of hydrogen-bond donors (Lipinski definition) is 1. The molecule has 2 rings (SSSR count). The van der Waals surface area contributed by atoms with Gasteiger partial charge in [-0.3, -0.25) is 4.98 Å². The van der Waals surface area contributed by atoms with Crippen molar-refractivity contribution >= 4 is 15.5 Å². The highest BCUT2D eigenvalue weighted by Gasteiger charge is 2.21. The van der Waals surface area contributed by atoms with Gasteiger partial charge in [0.2, 0.25) is 0 Å². The first-order valence-electron chi connectivity index (χ1n) is 5.58. The van der Waals surface area contributed by atoms with Crippen molar-refractivity contribution in [2.45, 2.75) is 17.6 Å². The fourth-order valence-electron chi connectivity index (χ4n) is 1.70. The van der Waals surface area contributed by atoms with E-state index in [1.807, 2.05) is 0 Å². The molecule has 2 N–H and O–H groups in total.